The maximum absolute atomic E-state index is 5.88. The number of aromatic nitrogens is 1. The third-order valence-corrected chi connectivity index (χ3v) is 5.34. The molecule has 1 atom stereocenters. The summed E-state index contributed by atoms with van der Waals surface area (Å²) in [6.45, 7) is 6.14. The van der Waals surface area contributed by atoms with Gasteiger partial charge in [-0.15, -0.1) is 36.2 Å². The van der Waals surface area contributed by atoms with Crippen molar-refractivity contribution < 1.29 is 4.74 Å². The lowest BCUT2D eigenvalue weighted by atomic mass is 9.90. The minimum atomic E-state index is 0. The Bertz CT molecular complexity index is 635. The lowest BCUT2D eigenvalue weighted by molar-refractivity contribution is 0.272. The first-order chi connectivity index (χ1) is 10.6. The SMILES string of the molecule is COc1ccc(-c2nc(CN3CCC(C)(CN)C3)cs2)cc1.Cl.Cl. The van der Waals surface area contributed by atoms with E-state index in [4.69, 9.17) is 15.5 Å². The Morgan fingerprint density at radius 2 is 2.00 bits per heavy atom. The van der Waals surface area contributed by atoms with Gasteiger partial charge in [-0.1, -0.05) is 6.92 Å². The van der Waals surface area contributed by atoms with Crippen molar-refractivity contribution in [1.82, 2.24) is 9.88 Å². The summed E-state index contributed by atoms with van der Waals surface area (Å²) in [6, 6.07) is 8.07. The molecule has 4 nitrogen and oxygen atoms in total. The van der Waals surface area contributed by atoms with Crippen molar-refractivity contribution in [2.24, 2.45) is 11.1 Å². The van der Waals surface area contributed by atoms with E-state index < -0.39 is 0 Å². The quantitative estimate of drug-likeness (QED) is 0.843. The van der Waals surface area contributed by atoms with Crippen LogP contribution < -0.4 is 10.5 Å². The van der Waals surface area contributed by atoms with Gasteiger partial charge in [-0.05, 0) is 49.2 Å². The Morgan fingerprint density at radius 1 is 1.29 bits per heavy atom. The molecule has 2 heterocycles. The highest BCUT2D eigenvalue weighted by molar-refractivity contribution is 7.13. The standard InChI is InChI=1S/C17H23N3OS.2ClH/c1-17(11-18)7-8-20(12-17)9-14-10-22-16(19-14)13-3-5-15(21-2)6-4-13;;/h3-6,10H,7-9,11-12,18H2,1-2H3;2*1H. The molecule has 1 saturated heterocycles. The number of nitrogens with two attached hydrogens (primary N) is 1. The zero-order valence-corrected chi connectivity index (χ0v) is 16.5. The number of likely N-dealkylation sites (tertiary alicyclic amines) is 1. The van der Waals surface area contributed by atoms with Gasteiger partial charge in [0.15, 0.2) is 0 Å². The minimum absolute atomic E-state index is 0. The minimum Gasteiger partial charge on any atom is -0.497 e. The summed E-state index contributed by atoms with van der Waals surface area (Å²) in [5.74, 6) is 0.874. The number of nitrogens with zero attached hydrogens (tertiary/aromatic N) is 2. The third kappa shape index (κ3) is 4.83. The first kappa shape index (κ1) is 21.2. The molecule has 0 amide bonds. The van der Waals surface area contributed by atoms with Gasteiger partial charge in [-0.3, -0.25) is 4.90 Å². The van der Waals surface area contributed by atoms with Crippen molar-refractivity contribution in [2.45, 2.75) is 19.9 Å². The Balaban J connectivity index is 0.00000144. The maximum atomic E-state index is 5.88. The second-order valence-corrected chi connectivity index (χ2v) is 7.21. The molecule has 0 saturated carbocycles. The third-order valence-electron chi connectivity index (χ3n) is 4.40. The molecule has 1 unspecified atom stereocenters. The average molecular weight is 390 g/mol. The van der Waals surface area contributed by atoms with E-state index in [1.807, 2.05) is 12.1 Å². The van der Waals surface area contributed by atoms with Crippen molar-refractivity contribution >= 4 is 36.2 Å². The molecule has 1 aromatic carbocycles. The van der Waals surface area contributed by atoms with Crippen molar-refractivity contribution in [1.29, 1.82) is 0 Å². The largest absolute Gasteiger partial charge is 0.497 e. The van der Waals surface area contributed by atoms with E-state index in [1.54, 1.807) is 18.4 Å². The second-order valence-electron chi connectivity index (χ2n) is 6.35. The molecule has 7 heteroatoms. The smallest absolute Gasteiger partial charge is 0.123 e. The number of benzene rings is 1. The van der Waals surface area contributed by atoms with Crippen LogP contribution in [0.3, 0.4) is 0 Å². The second kappa shape index (κ2) is 9.02. The van der Waals surface area contributed by atoms with E-state index in [-0.39, 0.29) is 30.2 Å². The number of methoxy groups -OCH3 is 1. The molecule has 0 radical (unpaired) electrons. The molecular formula is C17H25Cl2N3OS. The lowest BCUT2D eigenvalue weighted by Crippen LogP contribution is -2.31. The van der Waals surface area contributed by atoms with Crippen LogP contribution in [0.4, 0.5) is 0 Å². The first-order valence-electron chi connectivity index (χ1n) is 7.63. The number of hydrogen-bond donors (Lipinski definition) is 1. The molecule has 0 bridgehead atoms. The molecular weight excluding hydrogens is 365 g/mol. The van der Waals surface area contributed by atoms with Gasteiger partial charge in [0, 0.05) is 24.0 Å². The van der Waals surface area contributed by atoms with Crippen LogP contribution in [0.2, 0.25) is 0 Å². The Kier molecular flexibility index (Phi) is 7.96. The van der Waals surface area contributed by atoms with E-state index in [2.05, 4.69) is 29.3 Å². The van der Waals surface area contributed by atoms with Crippen molar-refractivity contribution in [3.63, 3.8) is 0 Å². The molecule has 3 rings (SSSR count). The molecule has 2 N–H and O–H groups in total. The molecule has 1 aliphatic rings. The lowest BCUT2D eigenvalue weighted by Gasteiger charge is -2.22. The molecule has 0 aliphatic carbocycles. The van der Waals surface area contributed by atoms with E-state index >= 15 is 0 Å². The highest BCUT2D eigenvalue weighted by atomic mass is 35.5. The highest BCUT2D eigenvalue weighted by Gasteiger charge is 2.32. The number of halogens is 2. The summed E-state index contributed by atoms with van der Waals surface area (Å²) in [5, 5.41) is 3.23. The predicted octanol–water partition coefficient (Wildman–Crippen LogP) is 3.83. The normalized spacial score (nSPS) is 20.3. The fourth-order valence-electron chi connectivity index (χ4n) is 2.90. The van der Waals surface area contributed by atoms with Crippen LogP contribution in [0.1, 0.15) is 19.0 Å². The summed E-state index contributed by atoms with van der Waals surface area (Å²) in [7, 11) is 1.68. The van der Waals surface area contributed by atoms with Gasteiger partial charge in [-0.25, -0.2) is 4.98 Å². The van der Waals surface area contributed by atoms with Crippen molar-refractivity contribution in [3.8, 4) is 16.3 Å². The van der Waals surface area contributed by atoms with Gasteiger partial charge in [0.05, 0.1) is 12.8 Å². The number of rotatable bonds is 5. The summed E-state index contributed by atoms with van der Waals surface area (Å²) in [6.07, 6.45) is 1.18. The van der Waals surface area contributed by atoms with Crippen molar-refractivity contribution in [3.05, 3.63) is 35.3 Å². The summed E-state index contributed by atoms with van der Waals surface area (Å²) in [4.78, 5) is 7.24. The fourth-order valence-corrected chi connectivity index (χ4v) is 3.72. The zero-order valence-electron chi connectivity index (χ0n) is 14.0. The highest BCUT2D eigenvalue weighted by Crippen LogP contribution is 2.31. The monoisotopic (exact) mass is 389 g/mol. The number of thiazole rings is 1. The van der Waals surface area contributed by atoms with E-state index in [0.29, 0.717) is 0 Å². The van der Waals surface area contributed by atoms with Gasteiger partial charge in [-0.2, -0.15) is 0 Å². The topological polar surface area (TPSA) is 51.4 Å². The number of hydrogen-bond acceptors (Lipinski definition) is 5. The molecule has 0 spiro atoms. The summed E-state index contributed by atoms with van der Waals surface area (Å²) in [5.41, 5.74) is 8.44. The van der Waals surface area contributed by atoms with Gasteiger partial charge in [0.1, 0.15) is 10.8 Å². The Hall–Kier alpha value is -0.850. The van der Waals surface area contributed by atoms with Crippen LogP contribution in [0, 0.1) is 5.41 Å². The van der Waals surface area contributed by atoms with Gasteiger partial charge in [0.2, 0.25) is 0 Å². The van der Waals surface area contributed by atoms with Gasteiger partial charge >= 0.3 is 0 Å². The Labute approximate surface area is 160 Å². The maximum Gasteiger partial charge on any atom is 0.123 e. The summed E-state index contributed by atoms with van der Waals surface area (Å²) >= 11 is 1.70. The van der Waals surface area contributed by atoms with E-state index in [0.717, 1.165) is 48.2 Å². The van der Waals surface area contributed by atoms with Crippen LogP contribution in [0.5, 0.6) is 5.75 Å². The van der Waals surface area contributed by atoms with Crippen LogP contribution in [-0.2, 0) is 6.54 Å². The van der Waals surface area contributed by atoms with Crippen LogP contribution >= 0.6 is 36.2 Å². The molecule has 24 heavy (non-hydrogen) atoms. The fraction of sp³-hybridized carbons (Fsp3) is 0.471. The van der Waals surface area contributed by atoms with Crippen LogP contribution in [-0.4, -0.2) is 36.6 Å². The zero-order chi connectivity index (χ0) is 15.6. The predicted molar refractivity (Wildman–Crippen MR) is 106 cm³/mol. The van der Waals surface area contributed by atoms with E-state index in [1.165, 1.54) is 6.42 Å². The van der Waals surface area contributed by atoms with Crippen LogP contribution in [0.25, 0.3) is 10.6 Å². The van der Waals surface area contributed by atoms with Gasteiger partial charge < -0.3 is 10.5 Å². The van der Waals surface area contributed by atoms with Crippen LogP contribution in [0.15, 0.2) is 29.6 Å². The summed E-state index contributed by atoms with van der Waals surface area (Å²) < 4.78 is 5.20. The molecule has 1 fully saturated rings. The Morgan fingerprint density at radius 3 is 2.58 bits per heavy atom. The van der Waals surface area contributed by atoms with Crippen molar-refractivity contribution in [2.75, 3.05) is 26.7 Å². The molecule has 1 aromatic heterocycles. The molecule has 2 aromatic rings. The first-order valence-corrected chi connectivity index (χ1v) is 8.51. The van der Waals surface area contributed by atoms with Gasteiger partial charge in [0.25, 0.3) is 0 Å². The molecule has 134 valence electrons. The molecule has 1 aliphatic heterocycles. The average Bonchev–Trinajstić information content (AvgIpc) is 3.16. The van der Waals surface area contributed by atoms with E-state index in [9.17, 15) is 0 Å². The number of ether oxygens (including phenoxy) is 1.